The van der Waals surface area contributed by atoms with Crippen molar-refractivity contribution in [3.05, 3.63) is 16.4 Å². The van der Waals surface area contributed by atoms with E-state index in [1.165, 1.54) is 12.8 Å². The summed E-state index contributed by atoms with van der Waals surface area (Å²) in [5, 5.41) is 4.38. The van der Waals surface area contributed by atoms with Crippen LogP contribution in [-0.2, 0) is 4.74 Å². The van der Waals surface area contributed by atoms with E-state index in [2.05, 4.69) is 34.9 Å². The fraction of sp³-hybridized carbons (Fsp3) is 0.769. The largest absolute Gasteiger partial charge is 0.378 e. The highest BCUT2D eigenvalue weighted by atomic mass is 79.9. The van der Waals surface area contributed by atoms with Crippen LogP contribution in [0.15, 0.2) is 10.7 Å². The van der Waals surface area contributed by atoms with E-state index in [0.29, 0.717) is 12.1 Å². The molecule has 1 aliphatic rings. The molecule has 1 aromatic heterocycles. The molecule has 2 unspecified atom stereocenters. The standard InChI is InChI=1S/C13H22BrN3O/c1-9(2)17-13(11(14)8-16-17)12(15)7-10-5-3-4-6-18-10/h8-10,12H,3-7,15H2,1-2H3. The Hall–Kier alpha value is -0.390. The van der Waals surface area contributed by atoms with Crippen molar-refractivity contribution >= 4 is 15.9 Å². The Labute approximate surface area is 117 Å². The molecule has 0 bridgehead atoms. The Kier molecular flexibility index (Phi) is 4.81. The van der Waals surface area contributed by atoms with Crippen LogP contribution in [-0.4, -0.2) is 22.5 Å². The Bertz CT molecular complexity index is 386. The maximum absolute atomic E-state index is 6.34. The molecule has 0 radical (unpaired) electrons. The zero-order valence-corrected chi connectivity index (χ0v) is 12.7. The highest BCUT2D eigenvalue weighted by Gasteiger charge is 2.23. The van der Waals surface area contributed by atoms with Crippen molar-refractivity contribution in [3.8, 4) is 0 Å². The Morgan fingerprint density at radius 2 is 2.33 bits per heavy atom. The van der Waals surface area contributed by atoms with Gasteiger partial charge in [0.25, 0.3) is 0 Å². The van der Waals surface area contributed by atoms with Gasteiger partial charge >= 0.3 is 0 Å². The van der Waals surface area contributed by atoms with E-state index in [9.17, 15) is 0 Å². The quantitative estimate of drug-likeness (QED) is 0.928. The van der Waals surface area contributed by atoms with Gasteiger partial charge in [-0.1, -0.05) is 0 Å². The first-order chi connectivity index (χ1) is 8.59. The average Bonchev–Trinajstić information content (AvgIpc) is 2.72. The van der Waals surface area contributed by atoms with Crippen LogP contribution in [0.2, 0.25) is 0 Å². The Morgan fingerprint density at radius 1 is 1.56 bits per heavy atom. The fourth-order valence-corrected chi connectivity index (χ4v) is 3.06. The van der Waals surface area contributed by atoms with Crippen molar-refractivity contribution in [1.82, 2.24) is 9.78 Å². The van der Waals surface area contributed by atoms with Crippen LogP contribution in [0.25, 0.3) is 0 Å². The number of ether oxygens (including phenoxy) is 1. The predicted molar refractivity (Wildman–Crippen MR) is 75.4 cm³/mol. The molecule has 1 aliphatic heterocycles. The van der Waals surface area contributed by atoms with E-state index >= 15 is 0 Å². The second kappa shape index (κ2) is 6.17. The highest BCUT2D eigenvalue weighted by molar-refractivity contribution is 9.10. The summed E-state index contributed by atoms with van der Waals surface area (Å²) in [6.45, 7) is 5.11. The zero-order valence-electron chi connectivity index (χ0n) is 11.1. The molecular formula is C13H22BrN3O. The third-order valence-electron chi connectivity index (χ3n) is 3.42. The van der Waals surface area contributed by atoms with Crippen molar-refractivity contribution in [2.24, 2.45) is 5.73 Å². The second-order valence-electron chi connectivity index (χ2n) is 5.25. The van der Waals surface area contributed by atoms with Crippen molar-refractivity contribution in [3.63, 3.8) is 0 Å². The first-order valence-electron chi connectivity index (χ1n) is 6.69. The average molecular weight is 316 g/mol. The van der Waals surface area contributed by atoms with Gasteiger partial charge in [0.15, 0.2) is 0 Å². The molecule has 2 heterocycles. The van der Waals surface area contributed by atoms with Gasteiger partial charge in [0.1, 0.15) is 0 Å². The van der Waals surface area contributed by atoms with Gasteiger partial charge in [0.05, 0.1) is 28.5 Å². The number of aromatic nitrogens is 2. The number of nitrogens with zero attached hydrogens (tertiary/aromatic N) is 2. The van der Waals surface area contributed by atoms with Gasteiger partial charge in [-0.3, -0.25) is 4.68 Å². The molecule has 0 amide bonds. The minimum absolute atomic E-state index is 0.0209. The maximum Gasteiger partial charge on any atom is 0.0697 e. The molecular weight excluding hydrogens is 294 g/mol. The van der Waals surface area contributed by atoms with E-state index in [4.69, 9.17) is 10.5 Å². The number of hydrogen-bond acceptors (Lipinski definition) is 3. The molecule has 0 spiro atoms. The lowest BCUT2D eigenvalue weighted by Crippen LogP contribution is -2.27. The number of hydrogen-bond donors (Lipinski definition) is 1. The molecule has 0 aromatic carbocycles. The van der Waals surface area contributed by atoms with Gasteiger partial charge in [0, 0.05) is 12.6 Å². The normalized spacial score (nSPS) is 22.4. The Balaban J connectivity index is 2.07. The SMILES string of the molecule is CC(C)n1ncc(Br)c1C(N)CC1CCCCO1. The van der Waals surface area contributed by atoms with Crippen LogP contribution in [0.5, 0.6) is 0 Å². The van der Waals surface area contributed by atoms with Gasteiger partial charge in [-0.2, -0.15) is 5.10 Å². The lowest BCUT2D eigenvalue weighted by Gasteiger charge is -2.26. The minimum Gasteiger partial charge on any atom is -0.378 e. The molecule has 18 heavy (non-hydrogen) atoms. The number of rotatable bonds is 4. The van der Waals surface area contributed by atoms with Crippen molar-refractivity contribution in [1.29, 1.82) is 0 Å². The summed E-state index contributed by atoms with van der Waals surface area (Å²) in [5.41, 5.74) is 7.42. The fourth-order valence-electron chi connectivity index (χ4n) is 2.50. The first-order valence-corrected chi connectivity index (χ1v) is 7.49. The second-order valence-corrected chi connectivity index (χ2v) is 6.10. The van der Waals surface area contributed by atoms with E-state index in [-0.39, 0.29) is 6.04 Å². The van der Waals surface area contributed by atoms with E-state index in [0.717, 1.165) is 29.6 Å². The molecule has 5 heteroatoms. The first kappa shape index (κ1) is 14.0. The molecule has 1 fully saturated rings. The monoisotopic (exact) mass is 315 g/mol. The summed E-state index contributed by atoms with van der Waals surface area (Å²) in [6.07, 6.45) is 6.56. The summed E-state index contributed by atoms with van der Waals surface area (Å²) in [4.78, 5) is 0. The van der Waals surface area contributed by atoms with Crippen LogP contribution in [0.3, 0.4) is 0 Å². The van der Waals surface area contributed by atoms with Crippen LogP contribution < -0.4 is 5.73 Å². The van der Waals surface area contributed by atoms with Crippen molar-refractivity contribution in [2.45, 2.75) is 57.7 Å². The minimum atomic E-state index is -0.0209. The smallest absolute Gasteiger partial charge is 0.0697 e. The molecule has 0 saturated carbocycles. The van der Waals surface area contributed by atoms with E-state index in [1.807, 2.05) is 10.9 Å². The molecule has 0 aliphatic carbocycles. The topological polar surface area (TPSA) is 53.1 Å². The molecule has 4 nitrogen and oxygen atoms in total. The van der Waals surface area contributed by atoms with Crippen LogP contribution in [0.1, 0.15) is 57.3 Å². The van der Waals surface area contributed by atoms with E-state index < -0.39 is 0 Å². The molecule has 2 rings (SSSR count). The number of nitrogens with two attached hydrogens (primary N) is 1. The predicted octanol–water partition coefficient (Wildman–Crippen LogP) is 3.19. The summed E-state index contributed by atoms with van der Waals surface area (Å²) < 4.78 is 8.76. The van der Waals surface area contributed by atoms with Crippen molar-refractivity contribution < 1.29 is 4.74 Å². The lowest BCUT2D eigenvalue weighted by molar-refractivity contribution is 0.00677. The number of halogens is 1. The molecule has 2 N–H and O–H groups in total. The van der Waals surface area contributed by atoms with Gasteiger partial charge < -0.3 is 10.5 Å². The summed E-state index contributed by atoms with van der Waals surface area (Å²) in [5.74, 6) is 0. The summed E-state index contributed by atoms with van der Waals surface area (Å²) in [6, 6.07) is 0.303. The van der Waals surface area contributed by atoms with Crippen LogP contribution >= 0.6 is 15.9 Å². The van der Waals surface area contributed by atoms with Gasteiger partial charge in [-0.25, -0.2) is 0 Å². The maximum atomic E-state index is 6.34. The molecule has 1 aromatic rings. The van der Waals surface area contributed by atoms with E-state index in [1.54, 1.807) is 0 Å². The van der Waals surface area contributed by atoms with Gasteiger partial charge in [-0.15, -0.1) is 0 Å². The van der Waals surface area contributed by atoms with Gasteiger partial charge in [0.2, 0.25) is 0 Å². The summed E-state index contributed by atoms with van der Waals surface area (Å²) in [7, 11) is 0. The lowest BCUT2D eigenvalue weighted by atomic mass is 10.0. The van der Waals surface area contributed by atoms with Gasteiger partial charge in [-0.05, 0) is 55.5 Å². The third kappa shape index (κ3) is 3.13. The molecule has 2 atom stereocenters. The van der Waals surface area contributed by atoms with Crippen LogP contribution in [0, 0.1) is 0 Å². The third-order valence-corrected chi connectivity index (χ3v) is 4.03. The zero-order chi connectivity index (χ0) is 13.1. The highest BCUT2D eigenvalue weighted by Crippen LogP contribution is 2.29. The summed E-state index contributed by atoms with van der Waals surface area (Å²) >= 11 is 3.55. The molecule has 1 saturated heterocycles. The molecule has 102 valence electrons. The Morgan fingerprint density at radius 3 is 2.94 bits per heavy atom. The van der Waals surface area contributed by atoms with Crippen molar-refractivity contribution in [2.75, 3.05) is 6.61 Å². The van der Waals surface area contributed by atoms with Crippen LogP contribution in [0.4, 0.5) is 0 Å².